The first kappa shape index (κ1) is 18.7. The van der Waals surface area contributed by atoms with E-state index in [1.54, 1.807) is 47.8 Å². The molecule has 0 aliphatic carbocycles. The minimum absolute atomic E-state index is 0.0598. The molecule has 2 unspecified atom stereocenters. The van der Waals surface area contributed by atoms with Crippen molar-refractivity contribution in [3.8, 4) is 0 Å². The molecular formula is C20H17F3N5O+. The van der Waals surface area contributed by atoms with E-state index in [-0.39, 0.29) is 11.4 Å². The molecule has 0 bridgehead atoms. The number of pyridine rings is 2. The van der Waals surface area contributed by atoms with E-state index in [9.17, 15) is 18.0 Å². The molecule has 0 spiro atoms. The Morgan fingerprint density at radius 1 is 1.24 bits per heavy atom. The van der Waals surface area contributed by atoms with Gasteiger partial charge in [0.05, 0.1) is 17.0 Å². The molecule has 0 radical (unpaired) electrons. The molecule has 2 aromatic heterocycles. The van der Waals surface area contributed by atoms with Gasteiger partial charge in [-0.15, -0.1) is 0 Å². The van der Waals surface area contributed by atoms with Gasteiger partial charge in [-0.25, -0.2) is 4.98 Å². The zero-order chi connectivity index (χ0) is 20.4. The summed E-state index contributed by atoms with van der Waals surface area (Å²) in [7, 11) is 0. The van der Waals surface area contributed by atoms with Gasteiger partial charge in [0.25, 0.3) is 5.91 Å². The van der Waals surface area contributed by atoms with Crippen molar-refractivity contribution in [2.45, 2.75) is 18.4 Å². The number of rotatable bonds is 4. The number of fused-ring (bicyclic) bond motifs is 1. The third kappa shape index (κ3) is 3.71. The summed E-state index contributed by atoms with van der Waals surface area (Å²) in [5, 5.41) is 5.12. The zero-order valence-corrected chi connectivity index (χ0v) is 15.0. The lowest BCUT2D eigenvalue weighted by atomic mass is 10.1. The van der Waals surface area contributed by atoms with Crippen LogP contribution in [0.15, 0.2) is 84.7 Å². The fourth-order valence-corrected chi connectivity index (χ4v) is 3.25. The molecular weight excluding hydrogens is 383 g/mol. The molecule has 2 aliphatic heterocycles. The highest BCUT2D eigenvalue weighted by atomic mass is 19.4. The van der Waals surface area contributed by atoms with Crippen LogP contribution < -0.4 is 15.6 Å². The number of amides is 1. The highest BCUT2D eigenvalue weighted by Gasteiger charge is 2.44. The Bertz CT molecular complexity index is 986. The van der Waals surface area contributed by atoms with E-state index < -0.39 is 24.3 Å². The van der Waals surface area contributed by atoms with Crippen LogP contribution in [0, 0.1) is 0 Å². The summed E-state index contributed by atoms with van der Waals surface area (Å²) < 4.78 is 40.8. The third-order valence-electron chi connectivity index (χ3n) is 4.57. The lowest BCUT2D eigenvalue weighted by molar-refractivity contribution is -0.379. The third-order valence-corrected chi connectivity index (χ3v) is 4.57. The molecule has 2 atom stereocenters. The van der Waals surface area contributed by atoms with Crippen LogP contribution in [-0.2, 0) is 4.79 Å². The summed E-state index contributed by atoms with van der Waals surface area (Å²) in [5.41, 5.74) is 1.09. The highest BCUT2D eigenvalue weighted by Crippen LogP contribution is 2.35. The summed E-state index contributed by atoms with van der Waals surface area (Å²) in [6.07, 6.45) is 6.60. The van der Waals surface area contributed by atoms with Crippen LogP contribution in [0.1, 0.15) is 23.5 Å². The number of hydrogen-bond donors (Lipinski definition) is 2. The number of allylic oxidation sites excluding steroid dienone is 3. The average Bonchev–Trinajstić information content (AvgIpc) is 3.12. The lowest BCUT2D eigenvalue weighted by Gasteiger charge is -2.24. The summed E-state index contributed by atoms with van der Waals surface area (Å²) in [6, 6.07) is 5.63. The van der Waals surface area contributed by atoms with Crippen LogP contribution in [0.5, 0.6) is 0 Å². The highest BCUT2D eigenvalue weighted by molar-refractivity contribution is 5.95. The van der Waals surface area contributed by atoms with Gasteiger partial charge >= 0.3 is 6.18 Å². The fourth-order valence-electron chi connectivity index (χ4n) is 3.25. The van der Waals surface area contributed by atoms with Gasteiger partial charge in [0.2, 0.25) is 0 Å². The monoisotopic (exact) mass is 400 g/mol. The van der Waals surface area contributed by atoms with Gasteiger partial charge in [-0.3, -0.25) is 9.78 Å². The Balaban J connectivity index is 1.63. The van der Waals surface area contributed by atoms with Crippen molar-refractivity contribution >= 4 is 5.91 Å². The second-order valence-corrected chi connectivity index (χ2v) is 6.45. The predicted molar refractivity (Wildman–Crippen MR) is 97.2 cm³/mol. The summed E-state index contributed by atoms with van der Waals surface area (Å²) >= 11 is 0. The molecule has 3 N–H and O–H groups in total. The van der Waals surface area contributed by atoms with Crippen LogP contribution >= 0.6 is 0 Å². The summed E-state index contributed by atoms with van der Waals surface area (Å²) in [4.78, 5) is 21.4. The van der Waals surface area contributed by atoms with Gasteiger partial charge < -0.3 is 15.5 Å². The fraction of sp³-hybridized carbons (Fsp3) is 0.150. The first-order valence-electron chi connectivity index (χ1n) is 8.83. The van der Waals surface area contributed by atoms with E-state index in [4.69, 9.17) is 0 Å². The van der Waals surface area contributed by atoms with Crippen molar-refractivity contribution in [2.75, 3.05) is 0 Å². The number of carbonyl (C=O) groups excluding carboxylic acids is 1. The van der Waals surface area contributed by atoms with Crippen molar-refractivity contribution in [1.82, 2.24) is 20.5 Å². The molecule has 0 saturated heterocycles. The molecule has 4 heterocycles. The zero-order valence-electron chi connectivity index (χ0n) is 15.0. The van der Waals surface area contributed by atoms with Crippen LogP contribution in [0.3, 0.4) is 0 Å². The molecule has 9 heteroatoms. The van der Waals surface area contributed by atoms with E-state index in [2.05, 4.69) is 20.6 Å². The van der Waals surface area contributed by atoms with Crippen molar-refractivity contribution in [3.63, 3.8) is 0 Å². The molecule has 2 aromatic rings. The number of aromatic amines is 1. The Labute approximate surface area is 164 Å². The first-order chi connectivity index (χ1) is 13.9. The molecule has 4 rings (SSSR count). The van der Waals surface area contributed by atoms with Crippen LogP contribution in [-0.4, -0.2) is 22.0 Å². The van der Waals surface area contributed by atoms with E-state index in [1.807, 2.05) is 6.07 Å². The van der Waals surface area contributed by atoms with Crippen molar-refractivity contribution in [2.24, 2.45) is 0 Å². The summed E-state index contributed by atoms with van der Waals surface area (Å²) in [5.74, 6) is -0.861. The number of nitrogens with zero attached hydrogens (tertiary/aromatic N) is 2. The normalized spacial score (nSPS) is 19.0. The number of nitrogens with one attached hydrogen (secondary N) is 3. The predicted octanol–water partition coefficient (Wildman–Crippen LogP) is 2.51. The molecule has 6 nitrogen and oxygen atoms in total. The maximum absolute atomic E-state index is 13.6. The molecule has 148 valence electrons. The number of carbonyl (C=O) groups is 1. The molecule has 0 saturated carbocycles. The van der Waals surface area contributed by atoms with Crippen LogP contribution in [0.25, 0.3) is 0 Å². The topological polar surface area (TPSA) is 71.4 Å². The number of hydrogen-bond acceptors (Lipinski definition) is 4. The van der Waals surface area contributed by atoms with Crippen LogP contribution in [0.2, 0.25) is 0 Å². The number of alkyl halides is 3. The van der Waals surface area contributed by atoms with E-state index in [0.717, 1.165) is 5.56 Å². The lowest BCUT2D eigenvalue weighted by Crippen LogP contribution is -2.41. The Morgan fingerprint density at radius 2 is 2.10 bits per heavy atom. The van der Waals surface area contributed by atoms with Crippen molar-refractivity contribution in [3.05, 3.63) is 96.0 Å². The Morgan fingerprint density at radius 3 is 2.79 bits per heavy atom. The minimum atomic E-state index is -4.69. The summed E-state index contributed by atoms with van der Waals surface area (Å²) in [6.45, 7) is 0. The standard InChI is InChI=1S/C20H16F3N5O/c21-20(22,23)17(14-7-1-3-10-25-14)27-19(29)16-15-8-2-4-11-28(15)18(26-16)13-6-5-9-24-12-13/h1-12,17-18,26H,(H,27,29)/p+1. The Hall–Kier alpha value is -3.62. The van der Waals surface area contributed by atoms with Gasteiger partial charge in [0.15, 0.2) is 18.4 Å². The smallest absolute Gasteiger partial charge is 0.355 e. The number of H-pyrrole nitrogens is 1. The van der Waals surface area contributed by atoms with Gasteiger partial charge in [0.1, 0.15) is 11.9 Å². The quantitative estimate of drug-likeness (QED) is 0.828. The van der Waals surface area contributed by atoms with Crippen molar-refractivity contribution in [1.29, 1.82) is 0 Å². The SMILES string of the molecule is O=C(NC(c1ccccn1)C(F)(F)F)C1=C2C=CC=CN2C(c2ccc[nH+]c2)N1. The maximum atomic E-state index is 13.6. The molecule has 0 fully saturated rings. The van der Waals surface area contributed by atoms with E-state index in [1.165, 1.54) is 24.4 Å². The number of halogens is 3. The Kier molecular flexibility index (Phi) is 4.79. The molecule has 29 heavy (non-hydrogen) atoms. The van der Waals surface area contributed by atoms with Gasteiger partial charge in [-0.05, 0) is 30.4 Å². The van der Waals surface area contributed by atoms with Gasteiger partial charge in [0, 0.05) is 18.5 Å². The molecule has 1 amide bonds. The largest absolute Gasteiger partial charge is 0.414 e. The van der Waals surface area contributed by atoms with Gasteiger partial charge in [-0.2, -0.15) is 13.2 Å². The second-order valence-electron chi connectivity index (χ2n) is 6.45. The second kappa shape index (κ2) is 7.42. The maximum Gasteiger partial charge on any atom is 0.414 e. The van der Waals surface area contributed by atoms with Gasteiger partial charge in [-0.1, -0.05) is 12.1 Å². The van der Waals surface area contributed by atoms with E-state index >= 15 is 0 Å². The minimum Gasteiger partial charge on any atom is -0.355 e. The first-order valence-corrected chi connectivity index (χ1v) is 8.83. The average molecular weight is 400 g/mol. The van der Waals surface area contributed by atoms with Crippen molar-refractivity contribution < 1.29 is 22.9 Å². The number of aromatic nitrogens is 2. The molecule has 2 aliphatic rings. The van der Waals surface area contributed by atoms with E-state index in [0.29, 0.717) is 5.70 Å². The molecule has 0 aromatic carbocycles. The van der Waals surface area contributed by atoms with Crippen LogP contribution in [0.4, 0.5) is 13.2 Å².